The van der Waals surface area contributed by atoms with E-state index >= 15 is 0 Å². The molecule has 0 unspecified atom stereocenters. The Hall–Kier alpha value is -2.96. The van der Waals surface area contributed by atoms with Crippen LogP contribution >= 0.6 is 0 Å². The van der Waals surface area contributed by atoms with Gasteiger partial charge in [-0.15, -0.1) is 0 Å². The lowest BCUT2D eigenvalue weighted by molar-refractivity contribution is 0.0605. The number of rotatable bonds is 3. The molecule has 0 aromatic carbocycles. The Morgan fingerprint density at radius 3 is 2.70 bits per heavy atom. The first kappa shape index (κ1) is 17.5. The summed E-state index contributed by atoms with van der Waals surface area (Å²) in [6.45, 7) is 4.65. The first-order valence-corrected chi connectivity index (χ1v) is 9.24. The summed E-state index contributed by atoms with van der Waals surface area (Å²) in [7, 11) is 1.89. The van der Waals surface area contributed by atoms with Gasteiger partial charge in [-0.25, -0.2) is 0 Å². The largest absolute Gasteiger partial charge is 0.356 e. The molecule has 0 aliphatic carbocycles. The molecule has 140 valence electrons. The van der Waals surface area contributed by atoms with Crippen LogP contribution in [-0.4, -0.2) is 37.3 Å². The SMILES string of the molecule is Cc1noc(-c2cn(C)nc2[C@@H]2CCCCN2C(=O)c2ccncc2)c1C. The number of likely N-dealkylation sites (tertiary alicyclic amines) is 1. The van der Waals surface area contributed by atoms with E-state index in [0.29, 0.717) is 5.56 Å². The molecular weight excluding hydrogens is 342 g/mol. The number of carbonyl (C=O) groups is 1. The van der Waals surface area contributed by atoms with E-state index < -0.39 is 0 Å². The lowest BCUT2D eigenvalue weighted by atomic mass is 9.95. The Labute approximate surface area is 158 Å². The third-order valence-corrected chi connectivity index (χ3v) is 5.27. The number of aryl methyl sites for hydroxylation is 2. The highest BCUT2D eigenvalue weighted by molar-refractivity contribution is 5.94. The molecule has 1 fully saturated rings. The highest BCUT2D eigenvalue weighted by atomic mass is 16.5. The molecule has 0 saturated carbocycles. The van der Waals surface area contributed by atoms with Gasteiger partial charge >= 0.3 is 0 Å². The van der Waals surface area contributed by atoms with Crippen LogP contribution in [0.2, 0.25) is 0 Å². The molecule has 27 heavy (non-hydrogen) atoms. The second-order valence-corrected chi connectivity index (χ2v) is 7.07. The maximum Gasteiger partial charge on any atom is 0.254 e. The zero-order valence-electron chi connectivity index (χ0n) is 15.8. The summed E-state index contributed by atoms with van der Waals surface area (Å²) in [5.41, 5.74) is 4.31. The number of carbonyl (C=O) groups excluding carboxylic acids is 1. The molecule has 1 atom stereocenters. The van der Waals surface area contributed by atoms with E-state index in [9.17, 15) is 4.79 Å². The van der Waals surface area contributed by atoms with Crippen molar-refractivity contribution in [1.82, 2.24) is 24.8 Å². The number of hydrogen-bond donors (Lipinski definition) is 0. The fourth-order valence-electron chi connectivity index (χ4n) is 3.71. The lowest BCUT2D eigenvalue weighted by Gasteiger charge is -2.35. The van der Waals surface area contributed by atoms with Gasteiger partial charge in [0.05, 0.1) is 23.0 Å². The molecule has 7 nitrogen and oxygen atoms in total. The monoisotopic (exact) mass is 365 g/mol. The maximum absolute atomic E-state index is 13.1. The van der Waals surface area contributed by atoms with Gasteiger partial charge in [-0.05, 0) is 45.2 Å². The number of piperidine rings is 1. The van der Waals surface area contributed by atoms with Gasteiger partial charge in [0.25, 0.3) is 5.91 Å². The predicted molar refractivity (Wildman–Crippen MR) is 100 cm³/mol. The number of amides is 1. The number of aromatic nitrogens is 4. The van der Waals surface area contributed by atoms with Crippen LogP contribution in [0.4, 0.5) is 0 Å². The average Bonchev–Trinajstić information content (AvgIpc) is 3.24. The van der Waals surface area contributed by atoms with Gasteiger partial charge < -0.3 is 9.42 Å². The highest BCUT2D eigenvalue weighted by Gasteiger charge is 2.33. The quantitative estimate of drug-likeness (QED) is 0.710. The van der Waals surface area contributed by atoms with Crippen LogP contribution in [0, 0.1) is 13.8 Å². The summed E-state index contributed by atoms with van der Waals surface area (Å²) in [4.78, 5) is 19.1. The summed E-state index contributed by atoms with van der Waals surface area (Å²) in [6.07, 6.45) is 8.20. The van der Waals surface area contributed by atoms with E-state index in [1.165, 1.54) is 0 Å². The van der Waals surface area contributed by atoms with Crippen molar-refractivity contribution in [1.29, 1.82) is 0 Å². The van der Waals surface area contributed by atoms with E-state index in [1.807, 2.05) is 32.0 Å². The van der Waals surface area contributed by atoms with Crippen LogP contribution in [0.5, 0.6) is 0 Å². The van der Waals surface area contributed by atoms with Gasteiger partial charge in [-0.2, -0.15) is 5.10 Å². The molecule has 1 aliphatic rings. The fraction of sp³-hybridized carbons (Fsp3) is 0.400. The molecule has 0 bridgehead atoms. The Bertz CT molecular complexity index is 960. The van der Waals surface area contributed by atoms with Crippen molar-refractivity contribution < 1.29 is 9.32 Å². The molecule has 0 N–H and O–H groups in total. The number of pyridine rings is 1. The average molecular weight is 365 g/mol. The van der Waals surface area contributed by atoms with Crippen molar-refractivity contribution in [2.24, 2.45) is 7.05 Å². The van der Waals surface area contributed by atoms with Gasteiger partial charge in [0, 0.05) is 43.3 Å². The van der Waals surface area contributed by atoms with Crippen molar-refractivity contribution >= 4 is 5.91 Å². The van der Waals surface area contributed by atoms with Crippen LogP contribution in [0.15, 0.2) is 35.2 Å². The van der Waals surface area contributed by atoms with E-state index in [4.69, 9.17) is 9.62 Å². The molecular formula is C20H23N5O2. The minimum absolute atomic E-state index is 0.0178. The minimum Gasteiger partial charge on any atom is -0.356 e. The third-order valence-electron chi connectivity index (χ3n) is 5.27. The van der Waals surface area contributed by atoms with Crippen molar-refractivity contribution in [2.75, 3.05) is 6.54 Å². The Kier molecular flexibility index (Phi) is 4.51. The summed E-state index contributed by atoms with van der Waals surface area (Å²) in [6, 6.07) is 3.44. The van der Waals surface area contributed by atoms with Gasteiger partial charge in [-0.1, -0.05) is 5.16 Å². The smallest absolute Gasteiger partial charge is 0.254 e. The predicted octanol–water partition coefficient (Wildman–Crippen LogP) is 3.45. The van der Waals surface area contributed by atoms with Crippen LogP contribution in [0.25, 0.3) is 11.3 Å². The van der Waals surface area contributed by atoms with Crippen molar-refractivity contribution in [3.05, 3.63) is 53.2 Å². The minimum atomic E-state index is -0.0829. The molecule has 4 rings (SSSR count). The molecule has 7 heteroatoms. The molecule has 4 heterocycles. The second-order valence-electron chi connectivity index (χ2n) is 7.07. The second kappa shape index (κ2) is 6.98. The molecule has 1 aliphatic heterocycles. The number of nitrogens with zero attached hydrogens (tertiary/aromatic N) is 5. The zero-order valence-corrected chi connectivity index (χ0v) is 15.8. The van der Waals surface area contributed by atoms with Gasteiger partial charge in [0.1, 0.15) is 0 Å². The normalized spacial score (nSPS) is 17.3. The van der Waals surface area contributed by atoms with Crippen LogP contribution in [-0.2, 0) is 7.05 Å². The third kappa shape index (κ3) is 3.13. The Morgan fingerprint density at radius 1 is 1.22 bits per heavy atom. The van der Waals surface area contributed by atoms with E-state index in [0.717, 1.165) is 54.1 Å². The number of hydrogen-bond acceptors (Lipinski definition) is 5. The van der Waals surface area contributed by atoms with E-state index in [2.05, 4.69) is 10.1 Å². The first-order chi connectivity index (χ1) is 13.1. The highest BCUT2D eigenvalue weighted by Crippen LogP contribution is 2.38. The Balaban J connectivity index is 1.75. The van der Waals surface area contributed by atoms with E-state index in [1.54, 1.807) is 29.2 Å². The van der Waals surface area contributed by atoms with Crippen molar-refractivity contribution in [2.45, 2.75) is 39.2 Å². The van der Waals surface area contributed by atoms with Gasteiger partial charge in [0.2, 0.25) is 0 Å². The topological polar surface area (TPSA) is 77.0 Å². The lowest BCUT2D eigenvalue weighted by Crippen LogP contribution is -2.39. The molecule has 1 amide bonds. The maximum atomic E-state index is 13.1. The van der Waals surface area contributed by atoms with Crippen molar-refractivity contribution in [3.8, 4) is 11.3 Å². The molecule has 3 aromatic rings. The zero-order chi connectivity index (χ0) is 19.0. The molecule has 1 saturated heterocycles. The van der Waals surface area contributed by atoms with E-state index in [-0.39, 0.29) is 11.9 Å². The fourth-order valence-corrected chi connectivity index (χ4v) is 3.71. The van der Waals surface area contributed by atoms with Crippen LogP contribution < -0.4 is 0 Å². The summed E-state index contributed by atoms with van der Waals surface area (Å²) >= 11 is 0. The van der Waals surface area contributed by atoms with Gasteiger partial charge in [0.15, 0.2) is 5.76 Å². The van der Waals surface area contributed by atoms with Crippen LogP contribution in [0.3, 0.4) is 0 Å². The Morgan fingerprint density at radius 2 is 2.00 bits per heavy atom. The first-order valence-electron chi connectivity index (χ1n) is 9.24. The van der Waals surface area contributed by atoms with Gasteiger partial charge in [-0.3, -0.25) is 14.5 Å². The molecule has 0 radical (unpaired) electrons. The summed E-state index contributed by atoms with van der Waals surface area (Å²) < 4.78 is 7.37. The summed E-state index contributed by atoms with van der Waals surface area (Å²) in [5, 5.41) is 8.80. The summed E-state index contributed by atoms with van der Waals surface area (Å²) in [5.74, 6) is 0.752. The molecule has 3 aromatic heterocycles. The standard InChI is InChI=1S/C20H23N5O2/c1-13-14(2)23-27-19(13)16-12-24(3)22-18(16)17-6-4-5-11-25(17)20(26)15-7-9-21-10-8-15/h7-10,12,17H,4-6,11H2,1-3H3/t17-/m0/s1. The molecule has 0 spiro atoms. The van der Waals surface area contributed by atoms with Crippen molar-refractivity contribution in [3.63, 3.8) is 0 Å². The van der Waals surface area contributed by atoms with Crippen LogP contribution in [0.1, 0.15) is 52.6 Å².